The highest BCUT2D eigenvalue weighted by Gasteiger charge is 2.36. The maximum absolute atomic E-state index is 14.4. The highest BCUT2D eigenvalue weighted by atomic mass is 32.2. The molecule has 1 aliphatic heterocycles. The number of hydrogen-bond donors (Lipinski definition) is 3. The number of nitrogens with one attached hydrogen (secondary N) is 3. The van der Waals surface area contributed by atoms with E-state index in [2.05, 4.69) is 21.4 Å². The Labute approximate surface area is 234 Å². The van der Waals surface area contributed by atoms with E-state index in [0.717, 1.165) is 40.2 Å². The van der Waals surface area contributed by atoms with Crippen molar-refractivity contribution < 1.29 is 27.2 Å². The summed E-state index contributed by atoms with van der Waals surface area (Å²) in [7, 11) is 0. The van der Waals surface area contributed by atoms with E-state index in [-0.39, 0.29) is 23.9 Å². The lowest BCUT2D eigenvalue weighted by atomic mass is 9.94. The lowest BCUT2D eigenvalue weighted by Gasteiger charge is -2.24. The van der Waals surface area contributed by atoms with Gasteiger partial charge in [0, 0.05) is 24.1 Å². The Morgan fingerprint density at radius 2 is 1.88 bits per heavy atom. The Morgan fingerprint density at radius 1 is 1.12 bits per heavy atom. The average molecular weight is 575 g/mol. The Bertz CT molecular complexity index is 1380. The zero-order valence-electron chi connectivity index (χ0n) is 22.2. The first kappa shape index (κ1) is 29.3. The Morgan fingerprint density at radius 3 is 2.58 bits per heavy atom. The summed E-state index contributed by atoms with van der Waals surface area (Å²) in [6.07, 6.45) is -0.320. The minimum absolute atomic E-state index is 0.103. The van der Waals surface area contributed by atoms with Gasteiger partial charge in [0.2, 0.25) is 5.91 Å². The molecule has 1 fully saturated rings. The van der Waals surface area contributed by atoms with Crippen LogP contribution in [-0.2, 0) is 4.79 Å². The van der Waals surface area contributed by atoms with Gasteiger partial charge in [-0.3, -0.25) is 4.79 Å². The number of amides is 3. The largest absolute Gasteiger partial charge is 0.416 e. The predicted molar refractivity (Wildman–Crippen MR) is 152 cm³/mol. The Balaban J connectivity index is 1.48. The van der Waals surface area contributed by atoms with E-state index < -0.39 is 29.6 Å². The molecule has 3 amide bonds. The second-order valence-electron chi connectivity index (χ2n) is 9.71. The molecule has 2 aromatic rings. The van der Waals surface area contributed by atoms with E-state index in [9.17, 15) is 27.2 Å². The van der Waals surface area contributed by atoms with Crippen molar-refractivity contribution in [1.82, 2.24) is 10.6 Å². The fraction of sp³-hybridized carbons (Fsp3) is 0.310. The highest BCUT2D eigenvalue weighted by molar-refractivity contribution is 7.99. The summed E-state index contributed by atoms with van der Waals surface area (Å²) in [5, 5.41) is 4.78. The SMILES string of the molecule is CSNc1ccccc1-c1ccc(N2CCC(NC(=O)NC3=CCC=C(C(F)(F)F)C=C3F)C2=O)c(C(C)C)c1. The third kappa shape index (κ3) is 6.52. The Kier molecular flexibility index (Phi) is 8.92. The number of para-hydroxylation sites is 1. The minimum atomic E-state index is -4.70. The number of carbonyl (C=O) groups is 2. The van der Waals surface area contributed by atoms with Crippen LogP contribution in [0.4, 0.5) is 33.7 Å². The molecule has 11 heteroatoms. The molecule has 0 aromatic heterocycles. The smallest absolute Gasteiger partial charge is 0.329 e. The molecule has 0 bridgehead atoms. The van der Waals surface area contributed by atoms with Gasteiger partial charge in [0.25, 0.3) is 0 Å². The van der Waals surface area contributed by atoms with Gasteiger partial charge in [-0.05, 0) is 54.2 Å². The van der Waals surface area contributed by atoms with Crippen LogP contribution in [0.3, 0.4) is 0 Å². The van der Waals surface area contributed by atoms with Crippen molar-refractivity contribution in [3.8, 4) is 11.1 Å². The summed E-state index contributed by atoms with van der Waals surface area (Å²) in [5.74, 6) is -1.43. The number of halogens is 4. The number of nitrogens with zero attached hydrogens (tertiary/aromatic N) is 1. The van der Waals surface area contributed by atoms with Crippen molar-refractivity contribution in [2.24, 2.45) is 0 Å². The zero-order chi connectivity index (χ0) is 29.0. The highest BCUT2D eigenvalue weighted by Crippen LogP contribution is 2.37. The van der Waals surface area contributed by atoms with E-state index in [4.69, 9.17) is 0 Å². The molecule has 40 heavy (non-hydrogen) atoms. The van der Waals surface area contributed by atoms with Gasteiger partial charge >= 0.3 is 12.2 Å². The number of benzene rings is 2. The monoisotopic (exact) mass is 574 g/mol. The number of urea groups is 1. The minimum Gasteiger partial charge on any atom is -0.329 e. The second kappa shape index (κ2) is 12.2. The lowest BCUT2D eigenvalue weighted by Crippen LogP contribution is -2.46. The summed E-state index contributed by atoms with van der Waals surface area (Å²) < 4.78 is 56.6. The third-order valence-corrected chi connectivity index (χ3v) is 7.10. The predicted octanol–water partition coefficient (Wildman–Crippen LogP) is 7.20. The van der Waals surface area contributed by atoms with Crippen LogP contribution in [0.25, 0.3) is 11.1 Å². The summed E-state index contributed by atoms with van der Waals surface area (Å²) in [6, 6.07) is 12.1. The molecule has 212 valence electrons. The van der Waals surface area contributed by atoms with E-state index in [1.54, 1.807) is 4.90 Å². The van der Waals surface area contributed by atoms with Crippen LogP contribution in [0.5, 0.6) is 0 Å². The van der Waals surface area contributed by atoms with Gasteiger partial charge < -0.3 is 20.3 Å². The zero-order valence-corrected chi connectivity index (χ0v) is 23.0. The standard InChI is InChI=1S/C29H30F4N4O2S/c1-17(2)21-15-18(20-8-4-5-9-23(20)36-40-3)11-12-26(21)37-14-13-25(27(37)38)35-28(39)34-24-10-6-7-19(16-22(24)30)29(31,32)33/h4-5,7-12,15-17,25,36H,6,13-14H2,1-3H3,(H2,34,35,39). The van der Waals surface area contributed by atoms with Gasteiger partial charge in [-0.15, -0.1) is 0 Å². The van der Waals surface area contributed by atoms with Crippen molar-refractivity contribution in [3.05, 3.63) is 83.4 Å². The van der Waals surface area contributed by atoms with E-state index >= 15 is 0 Å². The average Bonchev–Trinajstić information content (AvgIpc) is 3.14. The summed E-state index contributed by atoms with van der Waals surface area (Å²) in [5.41, 5.74) is 3.21. The molecule has 4 rings (SSSR count). The normalized spacial score (nSPS) is 17.7. The van der Waals surface area contributed by atoms with Crippen LogP contribution in [0, 0.1) is 0 Å². The van der Waals surface area contributed by atoms with Gasteiger partial charge in [0.05, 0.1) is 17.0 Å². The molecule has 0 radical (unpaired) electrons. The summed E-state index contributed by atoms with van der Waals surface area (Å²) >= 11 is 1.50. The summed E-state index contributed by atoms with van der Waals surface area (Å²) in [4.78, 5) is 27.5. The fourth-order valence-electron chi connectivity index (χ4n) is 4.72. The van der Waals surface area contributed by atoms with Gasteiger partial charge in [0.1, 0.15) is 11.9 Å². The lowest BCUT2D eigenvalue weighted by molar-refractivity contribution is -0.118. The molecule has 2 aromatic carbocycles. The Hall–Kier alpha value is -3.73. The van der Waals surface area contributed by atoms with Crippen molar-refractivity contribution >= 4 is 35.3 Å². The van der Waals surface area contributed by atoms with Crippen LogP contribution >= 0.6 is 11.9 Å². The fourth-order valence-corrected chi connectivity index (χ4v) is 5.11. The maximum Gasteiger partial charge on any atom is 0.416 e. The molecule has 1 atom stereocenters. The number of anilines is 2. The molecule has 2 aliphatic rings. The van der Waals surface area contributed by atoms with Crippen LogP contribution < -0.4 is 20.3 Å². The van der Waals surface area contributed by atoms with Crippen LogP contribution in [0.15, 0.2) is 77.8 Å². The van der Waals surface area contributed by atoms with E-state index in [0.29, 0.717) is 19.0 Å². The van der Waals surface area contributed by atoms with Crippen LogP contribution in [-0.4, -0.2) is 37.0 Å². The molecule has 1 saturated heterocycles. The number of hydrogen-bond acceptors (Lipinski definition) is 4. The quantitative estimate of drug-likeness (QED) is 0.242. The molecule has 0 spiro atoms. The number of alkyl halides is 3. The van der Waals surface area contributed by atoms with E-state index in [1.165, 1.54) is 11.9 Å². The van der Waals surface area contributed by atoms with Gasteiger partial charge in [0.15, 0.2) is 0 Å². The second-order valence-corrected chi connectivity index (χ2v) is 10.3. The first-order chi connectivity index (χ1) is 19.0. The maximum atomic E-state index is 14.4. The van der Waals surface area contributed by atoms with Crippen LogP contribution in [0.1, 0.15) is 38.2 Å². The van der Waals surface area contributed by atoms with Crippen molar-refractivity contribution in [1.29, 1.82) is 0 Å². The molecular formula is C29H30F4N4O2S. The van der Waals surface area contributed by atoms with E-state index in [1.807, 2.05) is 56.5 Å². The molecular weight excluding hydrogens is 544 g/mol. The molecule has 1 aliphatic carbocycles. The van der Waals surface area contributed by atoms with Crippen LogP contribution in [0.2, 0.25) is 0 Å². The number of rotatable bonds is 7. The molecule has 0 saturated carbocycles. The first-order valence-electron chi connectivity index (χ1n) is 12.8. The van der Waals surface area contributed by atoms with Gasteiger partial charge in [-0.1, -0.05) is 62.2 Å². The topological polar surface area (TPSA) is 73.5 Å². The number of allylic oxidation sites excluding steroid dienone is 5. The third-order valence-electron chi connectivity index (χ3n) is 6.68. The summed E-state index contributed by atoms with van der Waals surface area (Å²) in [6.45, 7) is 4.45. The van der Waals surface area contributed by atoms with Gasteiger partial charge in [-0.25, -0.2) is 9.18 Å². The van der Waals surface area contributed by atoms with Crippen molar-refractivity contribution in [2.45, 2.75) is 44.8 Å². The number of carbonyl (C=O) groups excluding carboxylic acids is 2. The van der Waals surface area contributed by atoms with Gasteiger partial charge in [-0.2, -0.15) is 13.2 Å². The molecule has 6 nitrogen and oxygen atoms in total. The molecule has 1 heterocycles. The molecule has 3 N–H and O–H groups in total. The van der Waals surface area contributed by atoms with Crippen molar-refractivity contribution in [3.63, 3.8) is 0 Å². The first-order valence-corrected chi connectivity index (χ1v) is 14.0. The van der Waals surface area contributed by atoms with Crippen molar-refractivity contribution in [2.75, 3.05) is 22.4 Å². The molecule has 1 unspecified atom stereocenters.